The number of aryl methyl sites for hydroxylation is 2. The van der Waals surface area contributed by atoms with E-state index in [-0.39, 0.29) is 24.1 Å². The highest BCUT2D eigenvalue weighted by Gasteiger charge is 2.24. The lowest BCUT2D eigenvalue weighted by molar-refractivity contribution is -0.133. The Hall–Kier alpha value is -3.00. The van der Waals surface area contributed by atoms with Gasteiger partial charge < -0.3 is 19.1 Å². The summed E-state index contributed by atoms with van der Waals surface area (Å²) in [5, 5.41) is 4.50. The molecule has 1 saturated heterocycles. The van der Waals surface area contributed by atoms with Crippen LogP contribution in [0.1, 0.15) is 42.1 Å². The molecular formula is C22H26N4O4. The fourth-order valence-electron chi connectivity index (χ4n) is 3.93. The first-order chi connectivity index (χ1) is 14.5. The van der Waals surface area contributed by atoms with Gasteiger partial charge in [-0.2, -0.15) is 0 Å². The number of rotatable bonds is 7. The quantitative estimate of drug-likeness (QED) is 0.643. The molecule has 3 aromatic rings. The SMILES string of the molecule is Cc1noc(C)c1CCC(=O)N(Cc1nc2ccccc2c(=O)[nH]1)C[C@@H]1CCCO1. The fraction of sp³-hybridized carbons (Fsp3) is 0.455. The van der Waals surface area contributed by atoms with Crippen LogP contribution in [0.5, 0.6) is 0 Å². The van der Waals surface area contributed by atoms with Gasteiger partial charge >= 0.3 is 0 Å². The van der Waals surface area contributed by atoms with Crippen LogP contribution < -0.4 is 5.56 Å². The number of carbonyl (C=O) groups is 1. The number of nitrogens with zero attached hydrogens (tertiary/aromatic N) is 3. The lowest BCUT2D eigenvalue weighted by atomic mass is 10.1. The zero-order valence-electron chi connectivity index (χ0n) is 17.3. The van der Waals surface area contributed by atoms with Gasteiger partial charge in [0.1, 0.15) is 11.6 Å². The van der Waals surface area contributed by atoms with Gasteiger partial charge in [-0.05, 0) is 45.2 Å². The first-order valence-corrected chi connectivity index (χ1v) is 10.3. The molecule has 1 atom stereocenters. The molecule has 1 amide bonds. The Morgan fingerprint density at radius 3 is 2.87 bits per heavy atom. The van der Waals surface area contributed by atoms with Gasteiger partial charge in [-0.3, -0.25) is 9.59 Å². The standard InChI is InChI=1S/C22H26N4O4/c1-14-17(15(2)30-25-14)9-10-21(27)26(12-16-6-5-11-29-16)13-20-23-19-8-4-3-7-18(19)22(28)24-20/h3-4,7-8,16H,5-6,9-13H2,1-2H3,(H,23,24,28)/t16-/m0/s1. The molecule has 1 aromatic carbocycles. The molecule has 0 radical (unpaired) electrons. The van der Waals surface area contributed by atoms with E-state index in [0.29, 0.717) is 36.1 Å². The second-order valence-electron chi connectivity index (χ2n) is 7.74. The van der Waals surface area contributed by atoms with Gasteiger partial charge in [0.15, 0.2) is 0 Å². The van der Waals surface area contributed by atoms with Crippen molar-refractivity contribution in [2.75, 3.05) is 13.2 Å². The number of benzene rings is 1. The maximum absolute atomic E-state index is 13.1. The van der Waals surface area contributed by atoms with Crippen LogP contribution in [0, 0.1) is 13.8 Å². The summed E-state index contributed by atoms with van der Waals surface area (Å²) in [6.07, 6.45) is 2.82. The van der Waals surface area contributed by atoms with Crippen molar-refractivity contribution in [3.8, 4) is 0 Å². The Balaban J connectivity index is 1.53. The Labute approximate surface area is 174 Å². The van der Waals surface area contributed by atoms with Crippen molar-refractivity contribution >= 4 is 16.8 Å². The molecule has 158 valence electrons. The van der Waals surface area contributed by atoms with Gasteiger partial charge in [0.2, 0.25) is 5.91 Å². The molecule has 1 fully saturated rings. The minimum absolute atomic E-state index is 0.0127. The molecule has 8 nitrogen and oxygen atoms in total. The summed E-state index contributed by atoms with van der Waals surface area (Å²) >= 11 is 0. The number of ether oxygens (including phenoxy) is 1. The summed E-state index contributed by atoms with van der Waals surface area (Å²) in [6.45, 7) is 5.17. The molecule has 3 heterocycles. The summed E-state index contributed by atoms with van der Waals surface area (Å²) < 4.78 is 10.9. The van der Waals surface area contributed by atoms with E-state index in [2.05, 4.69) is 15.1 Å². The molecule has 0 unspecified atom stereocenters. The monoisotopic (exact) mass is 410 g/mol. The highest BCUT2D eigenvalue weighted by molar-refractivity contribution is 5.78. The number of aromatic amines is 1. The Morgan fingerprint density at radius 1 is 1.30 bits per heavy atom. The van der Waals surface area contributed by atoms with E-state index in [1.165, 1.54) is 0 Å². The fourth-order valence-corrected chi connectivity index (χ4v) is 3.93. The third kappa shape index (κ3) is 4.43. The molecule has 1 N–H and O–H groups in total. The van der Waals surface area contributed by atoms with Crippen molar-refractivity contribution in [2.45, 2.75) is 52.2 Å². The van der Waals surface area contributed by atoms with Crippen molar-refractivity contribution < 1.29 is 14.1 Å². The summed E-state index contributed by atoms with van der Waals surface area (Å²) in [4.78, 5) is 34.6. The molecule has 1 aliphatic rings. The Bertz CT molecular complexity index is 1080. The zero-order chi connectivity index (χ0) is 21.1. The molecule has 0 bridgehead atoms. The van der Waals surface area contributed by atoms with Gasteiger partial charge in [0.25, 0.3) is 5.56 Å². The smallest absolute Gasteiger partial charge is 0.258 e. The van der Waals surface area contributed by atoms with E-state index in [4.69, 9.17) is 9.26 Å². The third-order valence-electron chi connectivity index (χ3n) is 5.57. The predicted molar refractivity (Wildman–Crippen MR) is 111 cm³/mol. The number of carbonyl (C=O) groups excluding carboxylic acids is 1. The largest absolute Gasteiger partial charge is 0.376 e. The number of hydrogen-bond acceptors (Lipinski definition) is 6. The number of aromatic nitrogens is 3. The molecule has 0 spiro atoms. The number of hydrogen-bond donors (Lipinski definition) is 1. The highest BCUT2D eigenvalue weighted by atomic mass is 16.5. The summed E-state index contributed by atoms with van der Waals surface area (Å²) in [6, 6.07) is 7.19. The molecule has 4 rings (SSSR count). The van der Waals surface area contributed by atoms with Crippen molar-refractivity contribution in [2.24, 2.45) is 0 Å². The molecule has 0 saturated carbocycles. The molecule has 8 heteroatoms. The lowest BCUT2D eigenvalue weighted by Gasteiger charge is -2.25. The maximum Gasteiger partial charge on any atom is 0.258 e. The molecular weight excluding hydrogens is 384 g/mol. The van der Waals surface area contributed by atoms with Crippen LogP contribution in [0.4, 0.5) is 0 Å². The highest BCUT2D eigenvalue weighted by Crippen LogP contribution is 2.18. The van der Waals surface area contributed by atoms with Crippen molar-refractivity contribution in [1.29, 1.82) is 0 Å². The van der Waals surface area contributed by atoms with Crippen LogP contribution in [0.25, 0.3) is 10.9 Å². The van der Waals surface area contributed by atoms with E-state index in [0.717, 1.165) is 36.5 Å². The van der Waals surface area contributed by atoms with Crippen LogP contribution in [0.2, 0.25) is 0 Å². The van der Waals surface area contributed by atoms with Gasteiger partial charge in [0.05, 0.1) is 29.2 Å². The molecule has 2 aromatic heterocycles. The van der Waals surface area contributed by atoms with Crippen molar-refractivity contribution in [1.82, 2.24) is 20.0 Å². The summed E-state index contributed by atoms with van der Waals surface area (Å²) in [5.74, 6) is 1.20. The van der Waals surface area contributed by atoms with Crippen molar-refractivity contribution in [3.63, 3.8) is 0 Å². The van der Waals surface area contributed by atoms with E-state index < -0.39 is 0 Å². The van der Waals surface area contributed by atoms with Crippen LogP contribution in [0.15, 0.2) is 33.6 Å². The van der Waals surface area contributed by atoms with Crippen LogP contribution in [-0.4, -0.2) is 45.2 Å². The van der Waals surface area contributed by atoms with E-state index in [1.54, 1.807) is 23.1 Å². The minimum Gasteiger partial charge on any atom is -0.376 e. The van der Waals surface area contributed by atoms with E-state index >= 15 is 0 Å². The first kappa shape index (κ1) is 20.3. The summed E-state index contributed by atoms with van der Waals surface area (Å²) in [7, 11) is 0. The Morgan fingerprint density at radius 2 is 2.13 bits per heavy atom. The van der Waals surface area contributed by atoms with E-state index in [1.807, 2.05) is 19.9 Å². The maximum atomic E-state index is 13.1. The van der Waals surface area contributed by atoms with Crippen LogP contribution in [0.3, 0.4) is 0 Å². The van der Waals surface area contributed by atoms with Gasteiger partial charge in [0, 0.05) is 25.1 Å². The average molecular weight is 410 g/mol. The second-order valence-corrected chi connectivity index (χ2v) is 7.74. The van der Waals surface area contributed by atoms with Gasteiger partial charge in [-0.1, -0.05) is 17.3 Å². The van der Waals surface area contributed by atoms with Gasteiger partial charge in [-0.15, -0.1) is 0 Å². The zero-order valence-corrected chi connectivity index (χ0v) is 17.3. The normalized spacial score (nSPS) is 16.3. The van der Waals surface area contributed by atoms with Crippen LogP contribution >= 0.6 is 0 Å². The number of H-pyrrole nitrogens is 1. The van der Waals surface area contributed by atoms with Crippen molar-refractivity contribution in [3.05, 3.63) is 57.5 Å². The molecule has 30 heavy (non-hydrogen) atoms. The lowest BCUT2D eigenvalue weighted by Crippen LogP contribution is -2.38. The van der Waals surface area contributed by atoms with E-state index in [9.17, 15) is 9.59 Å². The number of nitrogens with one attached hydrogen (secondary N) is 1. The predicted octanol–water partition coefficient (Wildman–Crippen LogP) is 2.67. The molecule has 1 aliphatic heterocycles. The second kappa shape index (κ2) is 8.79. The first-order valence-electron chi connectivity index (χ1n) is 10.3. The minimum atomic E-state index is -0.198. The number of fused-ring (bicyclic) bond motifs is 1. The topological polar surface area (TPSA) is 101 Å². The number of para-hydroxylation sites is 1. The number of amides is 1. The average Bonchev–Trinajstić information content (AvgIpc) is 3.35. The third-order valence-corrected chi connectivity index (χ3v) is 5.57. The van der Waals surface area contributed by atoms with Crippen LogP contribution in [-0.2, 0) is 22.5 Å². The molecule has 0 aliphatic carbocycles. The van der Waals surface area contributed by atoms with Gasteiger partial charge in [-0.25, -0.2) is 4.98 Å². The Kier molecular flexibility index (Phi) is 5.94. The summed E-state index contributed by atoms with van der Waals surface area (Å²) in [5.41, 5.74) is 2.21.